The minimum Gasteiger partial charge on any atom is -0.431 e. The quantitative estimate of drug-likeness (QED) is 0.877. The van der Waals surface area contributed by atoms with Gasteiger partial charge in [0.05, 0.1) is 5.25 Å². The number of rotatable bonds is 4. The summed E-state index contributed by atoms with van der Waals surface area (Å²) in [5.74, 6) is 0.0733. The molecule has 0 aliphatic heterocycles. The van der Waals surface area contributed by atoms with Gasteiger partial charge in [0.2, 0.25) is 5.91 Å². The zero-order valence-corrected chi connectivity index (χ0v) is 12.3. The van der Waals surface area contributed by atoms with Crippen molar-refractivity contribution in [1.82, 2.24) is 10.3 Å². The first-order valence-corrected chi connectivity index (χ1v) is 7.93. The SMILES string of the molecule is C[C@@H](Sc1nc2ccccc2o1)C(=O)NC1CCCC1. The van der Waals surface area contributed by atoms with E-state index in [1.54, 1.807) is 0 Å². The molecule has 1 amide bonds. The minimum atomic E-state index is -0.191. The standard InChI is InChI=1S/C15H18N2O2S/c1-10(14(18)16-11-6-2-3-7-11)20-15-17-12-8-4-5-9-13(12)19-15/h4-5,8-11H,2-3,6-7H2,1H3,(H,16,18)/t10-/m1/s1. The molecule has 0 saturated heterocycles. The van der Waals surface area contributed by atoms with E-state index in [2.05, 4.69) is 10.3 Å². The van der Waals surface area contributed by atoms with E-state index in [1.165, 1.54) is 24.6 Å². The summed E-state index contributed by atoms with van der Waals surface area (Å²) in [4.78, 5) is 16.5. The Balaban J connectivity index is 1.62. The van der Waals surface area contributed by atoms with Crippen LogP contribution in [0.1, 0.15) is 32.6 Å². The smallest absolute Gasteiger partial charge is 0.257 e. The van der Waals surface area contributed by atoms with Gasteiger partial charge in [0.15, 0.2) is 5.58 Å². The highest BCUT2D eigenvalue weighted by molar-refractivity contribution is 8.00. The molecule has 3 rings (SSSR count). The summed E-state index contributed by atoms with van der Waals surface area (Å²) in [5.41, 5.74) is 1.59. The first-order valence-electron chi connectivity index (χ1n) is 7.05. The van der Waals surface area contributed by atoms with Crippen LogP contribution in [0.25, 0.3) is 11.1 Å². The molecule has 0 bridgehead atoms. The van der Waals surface area contributed by atoms with E-state index >= 15 is 0 Å². The molecule has 5 heteroatoms. The second-order valence-corrected chi connectivity index (χ2v) is 6.49. The van der Waals surface area contributed by atoms with Crippen molar-refractivity contribution in [2.24, 2.45) is 0 Å². The van der Waals surface area contributed by atoms with Gasteiger partial charge in [0.25, 0.3) is 5.22 Å². The Morgan fingerprint density at radius 1 is 1.40 bits per heavy atom. The molecule has 106 valence electrons. The zero-order valence-electron chi connectivity index (χ0n) is 11.5. The lowest BCUT2D eigenvalue weighted by Gasteiger charge is -2.15. The molecule has 0 radical (unpaired) electrons. The molecule has 1 fully saturated rings. The maximum atomic E-state index is 12.1. The molecule has 4 nitrogen and oxygen atoms in total. The van der Waals surface area contributed by atoms with E-state index in [1.807, 2.05) is 31.2 Å². The van der Waals surface area contributed by atoms with Crippen molar-refractivity contribution < 1.29 is 9.21 Å². The first-order chi connectivity index (χ1) is 9.72. The highest BCUT2D eigenvalue weighted by Crippen LogP contribution is 2.27. The number of benzene rings is 1. The maximum Gasteiger partial charge on any atom is 0.257 e. The first kappa shape index (κ1) is 13.5. The second kappa shape index (κ2) is 5.87. The zero-order chi connectivity index (χ0) is 13.9. The van der Waals surface area contributed by atoms with E-state index in [0.717, 1.165) is 23.9 Å². The number of hydrogen-bond donors (Lipinski definition) is 1. The van der Waals surface area contributed by atoms with Crippen molar-refractivity contribution >= 4 is 28.8 Å². The number of carbonyl (C=O) groups excluding carboxylic acids is 1. The number of thioether (sulfide) groups is 1. The van der Waals surface area contributed by atoms with E-state index < -0.39 is 0 Å². The minimum absolute atomic E-state index is 0.0733. The maximum absolute atomic E-state index is 12.1. The monoisotopic (exact) mass is 290 g/mol. The van der Waals surface area contributed by atoms with Gasteiger partial charge in [-0.2, -0.15) is 0 Å². The Morgan fingerprint density at radius 3 is 2.90 bits per heavy atom. The molecular weight excluding hydrogens is 272 g/mol. The summed E-state index contributed by atoms with van der Waals surface area (Å²) in [6.07, 6.45) is 4.65. The molecule has 1 aliphatic rings. The number of para-hydroxylation sites is 2. The summed E-state index contributed by atoms with van der Waals surface area (Å²) in [6, 6.07) is 7.99. The number of fused-ring (bicyclic) bond motifs is 1. The lowest BCUT2D eigenvalue weighted by Crippen LogP contribution is -2.37. The average molecular weight is 290 g/mol. The van der Waals surface area contributed by atoms with Crippen LogP contribution in [0.15, 0.2) is 33.9 Å². The van der Waals surface area contributed by atoms with Crippen molar-refractivity contribution in [3.05, 3.63) is 24.3 Å². The molecule has 1 aromatic carbocycles. The third-order valence-electron chi connectivity index (χ3n) is 3.62. The predicted octanol–water partition coefficient (Wildman–Crippen LogP) is 3.37. The van der Waals surface area contributed by atoms with Crippen LogP contribution < -0.4 is 5.32 Å². The topological polar surface area (TPSA) is 55.1 Å². The van der Waals surface area contributed by atoms with Crippen LogP contribution >= 0.6 is 11.8 Å². The lowest BCUT2D eigenvalue weighted by molar-refractivity contribution is -0.120. The molecule has 0 spiro atoms. The van der Waals surface area contributed by atoms with Gasteiger partial charge in [0.1, 0.15) is 5.52 Å². The van der Waals surface area contributed by atoms with Crippen LogP contribution in [0.5, 0.6) is 0 Å². The van der Waals surface area contributed by atoms with E-state index in [-0.39, 0.29) is 11.2 Å². The van der Waals surface area contributed by atoms with Crippen LogP contribution in [0.3, 0.4) is 0 Å². The number of carbonyl (C=O) groups is 1. The fourth-order valence-corrected chi connectivity index (χ4v) is 3.26. The summed E-state index contributed by atoms with van der Waals surface area (Å²) in [6.45, 7) is 1.89. The number of hydrogen-bond acceptors (Lipinski definition) is 4. The molecule has 20 heavy (non-hydrogen) atoms. The van der Waals surface area contributed by atoms with E-state index in [4.69, 9.17) is 4.42 Å². The Kier molecular flexibility index (Phi) is 3.96. The van der Waals surface area contributed by atoms with Crippen LogP contribution in [0, 0.1) is 0 Å². The second-order valence-electron chi connectivity index (χ2n) is 5.20. The molecule has 1 saturated carbocycles. The summed E-state index contributed by atoms with van der Waals surface area (Å²) in [7, 11) is 0. The summed E-state index contributed by atoms with van der Waals surface area (Å²) >= 11 is 1.37. The van der Waals surface area contributed by atoms with Gasteiger partial charge in [-0.3, -0.25) is 4.79 Å². The number of aromatic nitrogens is 1. The van der Waals surface area contributed by atoms with Crippen LogP contribution in [0.4, 0.5) is 0 Å². The molecule has 1 heterocycles. The van der Waals surface area contributed by atoms with Crippen LogP contribution in [-0.4, -0.2) is 22.2 Å². The molecule has 1 aromatic heterocycles. The molecule has 1 atom stereocenters. The average Bonchev–Trinajstić information content (AvgIpc) is 3.06. The third-order valence-corrected chi connectivity index (χ3v) is 4.57. The Bertz CT molecular complexity index is 572. The van der Waals surface area contributed by atoms with Gasteiger partial charge in [-0.1, -0.05) is 36.7 Å². The van der Waals surface area contributed by atoms with E-state index in [0.29, 0.717) is 11.3 Å². The van der Waals surface area contributed by atoms with Gasteiger partial charge in [0, 0.05) is 6.04 Å². The largest absolute Gasteiger partial charge is 0.431 e. The van der Waals surface area contributed by atoms with Crippen molar-refractivity contribution in [3.63, 3.8) is 0 Å². The van der Waals surface area contributed by atoms with Crippen LogP contribution in [0.2, 0.25) is 0 Å². The third kappa shape index (κ3) is 2.98. The molecule has 1 aliphatic carbocycles. The fraction of sp³-hybridized carbons (Fsp3) is 0.467. The highest BCUT2D eigenvalue weighted by atomic mass is 32.2. The number of oxazole rings is 1. The Labute approximate surface area is 122 Å². The van der Waals surface area contributed by atoms with Gasteiger partial charge < -0.3 is 9.73 Å². The molecule has 1 N–H and O–H groups in total. The van der Waals surface area contributed by atoms with Gasteiger partial charge in [-0.25, -0.2) is 4.98 Å². The normalized spacial score (nSPS) is 17.4. The van der Waals surface area contributed by atoms with Crippen molar-refractivity contribution in [2.75, 3.05) is 0 Å². The van der Waals surface area contributed by atoms with E-state index in [9.17, 15) is 4.79 Å². The summed E-state index contributed by atoms with van der Waals surface area (Å²) < 4.78 is 5.63. The Hall–Kier alpha value is -1.49. The lowest BCUT2D eigenvalue weighted by atomic mass is 10.2. The van der Waals surface area contributed by atoms with Crippen LogP contribution in [-0.2, 0) is 4.79 Å². The van der Waals surface area contributed by atoms with Crippen molar-refractivity contribution in [2.45, 2.75) is 49.1 Å². The number of nitrogens with one attached hydrogen (secondary N) is 1. The molecule has 0 unspecified atom stereocenters. The highest BCUT2D eigenvalue weighted by Gasteiger charge is 2.22. The van der Waals surface area contributed by atoms with Crippen molar-refractivity contribution in [1.29, 1.82) is 0 Å². The number of amides is 1. The van der Waals surface area contributed by atoms with Gasteiger partial charge in [-0.15, -0.1) is 0 Å². The van der Waals surface area contributed by atoms with Gasteiger partial charge in [-0.05, 0) is 31.9 Å². The molecular formula is C15H18N2O2S. The predicted molar refractivity (Wildman–Crippen MR) is 79.7 cm³/mol. The van der Waals surface area contributed by atoms with Crippen molar-refractivity contribution in [3.8, 4) is 0 Å². The summed E-state index contributed by atoms with van der Waals surface area (Å²) in [5, 5.41) is 3.47. The van der Waals surface area contributed by atoms with Gasteiger partial charge >= 0.3 is 0 Å². The molecule has 2 aromatic rings. The fourth-order valence-electron chi connectivity index (χ4n) is 2.49. The number of nitrogens with zero attached hydrogens (tertiary/aromatic N) is 1. The Morgan fingerprint density at radius 2 is 2.15 bits per heavy atom.